The minimum atomic E-state index is -0.191. The molecule has 4 aromatic rings. The van der Waals surface area contributed by atoms with Gasteiger partial charge in [0.2, 0.25) is 5.91 Å². The highest BCUT2D eigenvalue weighted by Crippen LogP contribution is 2.22. The monoisotopic (exact) mass is 388 g/mol. The van der Waals surface area contributed by atoms with Gasteiger partial charge in [-0.3, -0.25) is 4.79 Å². The molecule has 1 heterocycles. The van der Waals surface area contributed by atoms with Crippen LogP contribution in [-0.2, 0) is 11.3 Å². The first-order valence-corrected chi connectivity index (χ1v) is 9.18. The largest absolute Gasteiger partial charge is 0.324 e. The van der Waals surface area contributed by atoms with Crippen LogP contribution in [0.2, 0.25) is 5.02 Å². The van der Waals surface area contributed by atoms with Gasteiger partial charge in [-0.15, -0.1) is 5.10 Å². The molecule has 0 saturated heterocycles. The Hall–Kier alpha value is -3.44. The molecule has 0 fully saturated rings. The molecule has 6 heteroatoms. The Balaban J connectivity index is 1.64. The molecular formula is C22H17ClN4O. The van der Waals surface area contributed by atoms with Crippen molar-refractivity contribution in [2.45, 2.75) is 6.54 Å². The number of hydrogen-bond acceptors (Lipinski definition) is 3. The van der Waals surface area contributed by atoms with Crippen LogP contribution in [-0.4, -0.2) is 20.7 Å². The Bertz CT molecular complexity index is 1080. The second-order valence-corrected chi connectivity index (χ2v) is 6.64. The molecule has 5 nitrogen and oxygen atoms in total. The Morgan fingerprint density at radius 2 is 1.46 bits per heavy atom. The van der Waals surface area contributed by atoms with E-state index in [0.717, 1.165) is 11.1 Å². The van der Waals surface area contributed by atoms with Gasteiger partial charge < -0.3 is 5.32 Å². The molecule has 4 rings (SSSR count). The number of carbonyl (C=O) groups excluding carboxylic acids is 1. The molecule has 0 unspecified atom stereocenters. The van der Waals surface area contributed by atoms with Crippen molar-refractivity contribution in [3.8, 4) is 22.8 Å². The van der Waals surface area contributed by atoms with Crippen LogP contribution < -0.4 is 5.32 Å². The van der Waals surface area contributed by atoms with Gasteiger partial charge >= 0.3 is 0 Å². The number of amides is 1. The predicted octanol–water partition coefficient (Wildman–Crippen LogP) is 4.90. The van der Waals surface area contributed by atoms with Crippen LogP contribution in [0.4, 0.5) is 5.69 Å². The van der Waals surface area contributed by atoms with Crippen LogP contribution in [0.15, 0.2) is 84.9 Å². The summed E-state index contributed by atoms with van der Waals surface area (Å²) in [6, 6.07) is 26.4. The molecule has 0 spiro atoms. The molecule has 1 N–H and O–H groups in total. The lowest BCUT2D eigenvalue weighted by atomic mass is 10.2. The summed E-state index contributed by atoms with van der Waals surface area (Å²) in [6.07, 6.45) is 0. The maximum Gasteiger partial charge on any atom is 0.246 e. The van der Waals surface area contributed by atoms with E-state index in [4.69, 9.17) is 11.6 Å². The van der Waals surface area contributed by atoms with E-state index in [9.17, 15) is 4.79 Å². The molecule has 0 radical (unpaired) electrons. The number of carbonyl (C=O) groups is 1. The number of aromatic nitrogens is 3. The first-order chi connectivity index (χ1) is 13.7. The summed E-state index contributed by atoms with van der Waals surface area (Å²) in [5.74, 6) is 1.04. The summed E-state index contributed by atoms with van der Waals surface area (Å²) in [6.45, 7) is 0.0483. The van der Waals surface area contributed by atoms with E-state index >= 15 is 0 Å². The van der Waals surface area contributed by atoms with Crippen LogP contribution in [0, 0.1) is 0 Å². The Morgan fingerprint density at radius 3 is 2.11 bits per heavy atom. The van der Waals surface area contributed by atoms with Crippen LogP contribution >= 0.6 is 11.6 Å². The van der Waals surface area contributed by atoms with Crippen molar-refractivity contribution in [1.82, 2.24) is 14.8 Å². The van der Waals surface area contributed by atoms with Gasteiger partial charge in [-0.05, 0) is 24.3 Å². The van der Waals surface area contributed by atoms with Gasteiger partial charge in [0.15, 0.2) is 11.6 Å². The van der Waals surface area contributed by atoms with Crippen LogP contribution in [0.1, 0.15) is 0 Å². The fourth-order valence-electron chi connectivity index (χ4n) is 2.83. The number of nitrogens with one attached hydrogen (secondary N) is 1. The van der Waals surface area contributed by atoms with Crippen LogP contribution in [0.5, 0.6) is 0 Å². The number of nitrogens with zero attached hydrogens (tertiary/aromatic N) is 3. The highest BCUT2D eigenvalue weighted by Gasteiger charge is 2.16. The van der Waals surface area contributed by atoms with Crippen molar-refractivity contribution >= 4 is 23.2 Å². The first-order valence-electron chi connectivity index (χ1n) is 8.80. The molecule has 1 aromatic heterocycles. The quantitative estimate of drug-likeness (QED) is 0.528. The second kappa shape index (κ2) is 8.06. The SMILES string of the molecule is O=C(Cn1nc(-c2ccccc2)nc1-c1ccccc1)Nc1ccc(Cl)cc1. The first kappa shape index (κ1) is 17.9. The third kappa shape index (κ3) is 4.10. The zero-order valence-electron chi connectivity index (χ0n) is 14.9. The summed E-state index contributed by atoms with van der Waals surface area (Å²) in [5, 5.41) is 8.05. The van der Waals surface area contributed by atoms with Crippen molar-refractivity contribution in [2.75, 3.05) is 5.32 Å². The van der Waals surface area contributed by atoms with Crippen LogP contribution in [0.3, 0.4) is 0 Å². The van der Waals surface area contributed by atoms with Gasteiger partial charge in [-0.2, -0.15) is 0 Å². The van der Waals surface area contributed by atoms with E-state index in [1.54, 1.807) is 28.9 Å². The lowest BCUT2D eigenvalue weighted by molar-refractivity contribution is -0.116. The summed E-state index contributed by atoms with van der Waals surface area (Å²) in [4.78, 5) is 17.2. The number of rotatable bonds is 5. The fraction of sp³-hybridized carbons (Fsp3) is 0.0455. The predicted molar refractivity (Wildman–Crippen MR) is 111 cm³/mol. The van der Waals surface area contributed by atoms with Crippen molar-refractivity contribution in [2.24, 2.45) is 0 Å². The standard InChI is InChI=1S/C22H17ClN4O/c23-18-11-13-19(14-12-18)24-20(28)15-27-22(17-9-5-2-6-10-17)25-21(26-27)16-7-3-1-4-8-16/h1-14H,15H2,(H,24,28). The van der Waals surface area contributed by atoms with Gasteiger partial charge in [0, 0.05) is 21.8 Å². The average Bonchev–Trinajstić information content (AvgIpc) is 3.15. The highest BCUT2D eigenvalue weighted by molar-refractivity contribution is 6.30. The summed E-state index contributed by atoms with van der Waals surface area (Å²) >= 11 is 5.89. The molecule has 28 heavy (non-hydrogen) atoms. The maximum absolute atomic E-state index is 12.6. The summed E-state index contributed by atoms with van der Waals surface area (Å²) < 4.78 is 1.63. The number of anilines is 1. The number of benzene rings is 3. The van der Waals surface area contributed by atoms with Gasteiger partial charge in [0.05, 0.1) is 0 Å². The third-order valence-electron chi connectivity index (χ3n) is 4.16. The molecule has 0 aliphatic rings. The lowest BCUT2D eigenvalue weighted by Gasteiger charge is -2.07. The summed E-state index contributed by atoms with van der Waals surface area (Å²) in [5.41, 5.74) is 2.48. The lowest BCUT2D eigenvalue weighted by Crippen LogP contribution is -2.20. The van der Waals surface area contributed by atoms with E-state index in [1.165, 1.54) is 0 Å². The maximum atomic E-state index is 12.6. The highest BCUT2D eigenvalue weighted by atomic mass is 35.5. The van der Waals surface area contributed by atoms with Gasteiger partial charge in [0.1, 0.15) is 6.54 Å². The molecule has 1 amide bonds. The van der Waals surface area contributed by atoms with E-state index in [-0.39, 0.29) is 12.5 Å². The minimum absolute atomic E-state index is 0.0483. The third-order valence-corrected chi connectivity index (χ3v) is 4.41. The molecular weight excluding hydrogens is 372 g/mol. The minimum Gasteiger partial charge on any atom is -0.324 e. The van der Waals surface area contributed by atoms with Crippen molar-refractivity contribution in [1.29, 1.82) is 0 Å². The molecule has 0 saturated carbocycles. The fourth-order valence-corrected chi connectivity index (χ4v) is 2.96. The number of hydrogen-bond donors (Lipinski definition) is 1. The molecule has 0 aliphatic heterocycles. The number of halogens is 1. The zero-order chi connectivity index (χ0) is 19.3. The van der Waals surface area contributed by atoms with Crippen molar-refractivity contribution in [3.05, 3.63) is 90.0 Å². The normalized spacial score (nSPS) is 10.6. The van der Waals surface area contributed by atoms with Crippen LogP contribution in [0.25, 0.3) is 22.8 Å². The van der Waals surface area contributed by atoms with E-state index in [2.05, 4.69) is 15.4 Å². The molecule has 0 bridgehead atoms. The average molecular weight is 389 g/mol. The molecule has 3 aromatic carbocycles. The van der Waals surface area contributed by atoms with Crippen molar-refractivity contribution < 1.29 is 4.79 Å². The molecule has 0 aliphatic carbocycles. The summed E-state index contributed by atoms with van der Waals surface area (Å²) in [7, 11) is 0. The topological polar surface area (TPSA) is 59.8 Å². The molecule has 138 valence electrons. The van der Waals surface area contributed by atoms with Crippen molar-refractivity contribution in [3.63, 3.8) is 0 Å². The van der Waals surface area contributed by atoms with Gasteiger partial charge in [0.25, 0.3) is 0 Å². The molecule has 0 atom stereocenters. The van der Waals surface area contributed by atoms with E-state index in [1.807, 2.05) is 60.7 Å². The van der Waals surface area contributed by atoms with Gasteiger partial charge in [-0.1, -0.05) is 72.3 Å². The van der Waals surface area contributed by atoms with E-state index < -0.39 is 0 Å². The second-order valence-electron chi connectivity index (χ2n) is 6.20. The smallest absolute Gasteiger partial charge is 0.246 e. The Morgan fingerprint density at radius 1 is 0.857 bits per heavy atom. The Kier molecular flexibility index (Phi) is 5.17. The van der Waals surface area contributed by atoms with E-state index in [0.29, 0.717) is 22.4 Å². The zero-order valence-corrected chi connectivity index (χ0v) is 15.7. The van der Waals surface area contributed by atoms with Gasteiger partial charge in [-0.25, -0.2) is 9.67 Å². The Labute approximate surface area is 167 Å².